The van der Waals surface area contributed by atoms with Crippen molar-refractivity contribution >= 4 is 5.78 Å². The van der Waals surface area contributed by atoms with Crippen molar-refractivity contribution in [3.8, 4) is 0 Å². The van der Waals surface area contributed by atoms with E-state index in [0.29, 0.717) is 24.2 Å². The van der Waals surface area contributed by atoms with Crippen molar-refractivity contribution in [2.45, 2.75) is 38.1 Å². The second-order valence-electron chi connectivity index (χ2n) is 4.94. The minimum atomic E-state index is 0.378. The summed E-state index contributed by atoms with van der Waals surface area (Å²) in [7, 11) is 2.12. The van der Waals surface area contributed by atoms with E-state index in [1.165, 1.54) is 5.56 Å². The van der Waals surface area contributed by atoms with Crippen molar-refractivity contribution in [2.24, 2.45) is 0 Å². The minimum absolute atomic E-state index is 0.378. The van der Waals surface area contributed by atoms with E-state index < -0.39 is 0 Å². The van der Waals surface area contributed by atoms with Crippen molar-refractivity contribution in [2.75, 3.05) is 13.6 Å². The van der Waals surface area contributed by atoms with E-state index in [1.54, 1.807) is 0 Å². The van der Waals surface area contributed by atoms with Crippen LogP contribution in [0, 0.1) is 0 Å². The highest BCUT2D eigenvalue weighted by atomic mass is 16.1. The summed E-state index contributed by atoms with van der Waals surface area (Å²) in [5.74, 6) is 0.932. The number of benzene rings is 1. The predicted molar refractivity (Wildman–Crippen MR) is 70.1 cm³/mol. The molecule has 2 heteroatoms. The molecule has 0 N–H and O–H groups in total. The van der Waals surface area contributed by atoms with E-state index in [9.17, 15) is 4.79 Å². The molecule has 1 saturated carbocycles. The molecular weight excluding hydrogens is 210 g/mol. The Kier molecular flexibility index (Phi) is 3.95. The molecule has 0 amide bonds. The number of hydrogen-bond acceptors (Lipinski definition) is 2. The number of ketones is 1. The second-order valence-corrected chi connectivity index (χ2v) is 4.94. The number of carbonyl (C=O) groups excluding carboxylic acids is 1. The van der Waals surface area contributed by atoms with Crippen molar-refractivity contribution < 1.29 is 4.79 Å². The summed E-state index contributed by atoms with van der Waals surface area (Å²) in [5.41, 5.74) is 1.38. The largest absolute Gasteiger partial charge is 0.303 e. The number of hydrogen-bond donors (Lipinski definition) is 0. The third kappa shape index (κ3) is 2.75. The first-order chi connectivity index (χ1) is 8.22. The van der Waals surface area contributed by atoms with E-state index in [0.717, 1.165) is 19.4 Å². The van der Waals surface area contributed by atoms with Crippen LogP contribution in [0.2, 0.25) is 0 Å². The zero-order valence-corrected chi connectivity index (χ0v) is 10.7. The van der Waals surface area contributed by atoms with Crippen LogP contribution < -0.4 is 0 Å². The van der Waals surface area contributed by atoms with Gasteiger partial charge in [-0.25, -0.2) is 0 Å². The van der Waals surface area contributed by atoms with Crippen LogP contribution in [0.15, 0.2) is 30.3 Å². The SMILES string of the molecule is CCN(C)C1CC(=O)CCC1c1ccccc1. The molecule has 0 bridgehead atoms. The Balaban J connectivity index is 2.21. The smallest absolute Gasteiger partial charge is 0.134 e. The van der Waals surface area contributed by atoms with E-state index in [-0.39, 0.29) is 0 Å². The number of rotatable bonds is 3. The predicted octanol–water partition coefficient (Wildman–Crippen LogP) is 2.84. The van der Waals surface area contributed by atoms with Gasteiger partial charge in [0, 0.05) is 24.8 Å². The van der Waals surface area contributed by atoms with Gasteiger partial charge in [0.1, 0.15) is 5.78 Å². The Morgan fingerprint density at radius 1 is 1.29 bits per heavy atom. The van der Waals surface area contributed by atoms with Crippen molar-refractivity contribution in [1.29, 1.82) is 0 Å². The Hall–Kier alpha value is -1.15. The zero-order valence-electron chi connectivity index (χ0n) is 10.7. The molecule has 0 heterocycles. The lowest BCUT2D eigenvalue weighted by Crippen LogP contribution is -2.41. The molecule has 0 aromatic heterocycles. The van der Waals surface area contributed by atoms with Crippen LogP contribution in [0.4, 0.5) is 0 Å². The van der Waals surface area contributed by atoms with Gasteiger partial charge in [-0.3, -0.25) is 4.79 Å². The molecule has 0 saturated heterocycles. The average Bonchev–Trinajstić information content (AvgIpc) is 2.38. The lowest BCUT2D eigenvalue weighted by molar-refractivity contribution is -0.122. The maximum absolute atomic E-state index is 11.6. The highest BCUT2D eigenvalue weighted by molar-refractivity contribution is 5.80. The molecule has 2 nitrogen and oxygen atoms in total. The number of likely N-dealkylation sites (N-methyl/N-ethyl adjacent to an activating group) is 1. The molecule has 1 aliphatic carbocycles. The molecule has 2 unspecified atom stereocenters. The number of nitrogens with zero attached hydrogens (tertiary/aromatic N) is 1. The normalized spacial score (nSPS) is 25.2. The van der Waals surface area contributed by atoms with Crippen LogP contribution in [-0.2, 0) is 4.79 Å². The standard InChI is InChI=1S/C15H21NO/c1-3-16(2)15-11-13(17)9-10-14(15)12-7-5-4-6-8-12/h4-8,14-15H,3,9-11H2,1-2H3. The summed E-state index contributed by atoms with van der Waals surface area (Å²) < 4.78 is 0. The summed E-state index contributed by atoms with van der Waals surface area (Å²) in [6.07, 6.45) is 2.45. The fourth-order valence-corrected chi connectivity index (χ4v) is 2.77. The molecular formula is C15H21NO. The third-order valence-corrected chi connectivity index (χ3v) is 3.93. The fourth-order valence-electron chi connectivity index (χ4n) is 2.77. The van der Waals surface area contributed by atoms with Crippen molar-refractivity contribution in [3.63, 3.8) is 0 Å². The highest BCUT2D eigenvalue weighted by Crippen LogP contribution is 2.34. The Morgan fingerprint density at radius 2 is 2.00 bits per heavy atom. The first-order valence-corrected chi connectivity index (χ1v) is 6.49. The Morgan fingerprint density at radius 3 is 2.65 bits per heavy atom. The Labute approximate surface area is 104 Å². The van der Waals surface area contributed by atoms with Gasteiger partial charge in [-0.15, -0.1) is 0 Å². The molecule has 1 fully saturated rings. The van der Waals surface area contributed by atoms with E-state index >= 15 is 0 Å². The molecule has 1 aromatic rings. The first kappa shape index (κ1) is 12.3. The van der Waals surface area contributed by atoms with Gasteiger partial charge in [0.15, 0.2) is 0 Å². The van der Waals surface area contributed by atoms with Gasteiger partial charge < -0.3 is 4.90 Å². The summed E-state index contributed by atoms with van der Waals surface area (Å²) >= 11 is 0. The molecule has 2 atom stereocenters. The van der Waals surface area contributed by atoms with E-state index in [1.807, 2.05) is 0 Å². The molecule has 92 valence electrons. The van der Waals surface area contributed by atoms with E-state index in [4.69, 9.17) is 0 Å². The van der Waals surface area contributed by atoms with Gasteiger partial charge in [0.05, 0.1) is 0 Å². The van der Waals surface area contributed by atoms with Crippen molar-refractivity contribution in [3.05, 3.63) is 35.9 Å². The lowest BCUT2D eigenvalue weighted by Gasteiger charge is -2.37. The first-order valence-electron chi connectivity index (χ1n) is 6.49. The summed E-state index contributed by atoms with van der Waals surface area (Å²) in [4.78, 5) is 14.0. The number of Topliss-reactive ketones (excluding diaryl/α,β-unsaturated/α-hetero) is 1. The van der Waals surface area contributed by atoms with Crippen LogP contribution in [0.5, 0.6) is 0 Å². The summed E-state index contributed by atoms with van der Waals surface area (Å²) in [6.45, 7) is 3.16. The lowest BCUT2D eigenvalue weighted by atomic mass is 9.79. The third-order valence-electron chi connectivity index (χ3n) is 3.93. The quantitative estimate of drug-likeness (QED) is 0.797. The molecule has 1 aromatic carbocycles. The maximum Gasteiger partial charge on any atom is 0.134 e. The summed E-state index contributed by atoms with van der Waals surface area (Å²) in [6, 6.07) is 11.0. The van der Waals surface area contributed by atoms with Gasteiger partial charge >= 0.3 is 0 Å². The zero-order chi connectivity index (χ0) is 12.3. The van der Waals surface area contributed by atoms with E-state index in [2.05, 4.69) is 49.2 Å². The van der Waals surface area contributed by atoms with Gasteiger partial charge in [-0.05, 0) is 25.6 Å². The minimum Gasteiger partial charge on any atom is -0.303 e. The maximum atomic E-state index is 11.6. The highest BCUT2D eigenvalue weighted by Gasteiger charge is 2.32. The van der Waals surface area contributed by atoms with Crippen LogP contribution in [0.1, 0.15) is 37.7 Å². The second kappa shape index (κ2) is 5.46. The van der Waals surface area contributed by atoms with Gasteiger partial charge in [0.25, 0.3) is 0 Å². The van der Waals surface area contributed by atoms with Crippen LogP contribution in [0.25, 0.3) is 0 Å². The van der Waals surface area contributed by atoms with Gasteiger partial charge in [0.2, 0.25) is 0 Å². The van der Waals surface area contributed by atoms with Crippen molar-refractivity contribution in [1.82, 2.24) is 4.90 Å². The van der Waals surface area contributed by atoms with Crippen LogP contribution in [-0.4, -0.2) is 30.3 Å². The molecule has 0 aliphatic heterocycles. The average molecular weight is 231 g/mol. The monoisotopic (exact) mass is 231 g/mol. The van der Waals surface area contributed by atoms with Crippen LogP contribution >= 0.6 is 0 Å². The fraction of sp³-hybridized carbons (Fsp3) is 0.533. The molecule has 2 rings (SSSR count). The summed E-state index contributed by atoms with van der Waals surface area (Å²) in [5, 5.41) is 0. The number of carbonyl (C=O) groups is 1. The van der Waals surface area contributed by atoms with Gasteiger partial charge in [-0.2, -0.15) is 0 Å². The molecule has 17 heavy (non-hydrogen) atoms. The molecule has 0 radical (unpaired) electrons. The molecule has 0 spiro atoms. The Bertz CT molecular complexity index is 374. The topological polar surface area (TPSA) is 20.3 Å². The van der Waals surface area contributed by atoms with Gasteiger partial charge in [-0.1, -0.05) is 37.3 Å². The molecule has 1 aliphatic rings. The van der Waals surface area contributed by atoms with Crippen LogP contribution in [0.3, 0.4) is 0 Å².